The topological polar surface area (TPSA) is 76.9 Å². The van der Waals surface area contributed by atoms with E-state index in [4.69, 9.17) is 0 Å². The van der Waals surface area contributed by atoms with Gasteiger partial charge in [-0.1, -0.05) is 0 Å². The number of hydrogen-bond donors (Lipinski definition) is 1. The number of carbonyl (C=O) groups is 2. The molecule has 6 heteroatoms. The number of anilines is 1. The molecule has 0 aliphatic carbocycles. The second kappa shape index (κ2) is 6.47. The summed E-state index contributed by atoms with van der Waals surface area (Å²) in [7, 11) is 0. The molecule has 1 N–H and O–H groups in total. The maximum absolute atomic E-state index is 12.8. The van der Waals surface area contributed by atoms with Crippen molar-refractivity contribution in [1.29, 1.82) is 0 Å². The van der Waals surface area contributed by atoms with Gasteiger partial charge in [-0.25, -0.2) is 9.67 Å². The Labute approximate surface area is 145 Å². The van der Waals surface area contributed by atoms with E-state index in [1.165, 1.54) is 6.92 Å². The van der Waals surface area contributed by atoms with Crippen molar-refractivity contribution in [3.05, 3.63) is 52.8 Å². The van der Waals surface area contributed by atoms with E-state index in [0.717, 1.165) is 22.4 Å². The summed E-state index contributed by atoms with van der Waals surface area (Å²) < 4.78 is 1.80. The normalized spacial score (nSPS) is 10.9. The Morgan fingerprint density at radius 1 is 1.16 bits per heavy atom. The number of aromatic nitrogens is 3. The van der Waals surface area contributed by atoms with Gasteiger partial charge in [0.05, 0.1) is 16.6 Å². The zero-order valence-electron chi connectivity index (χ0n) is 14.8. The average molecular weight is 336 g/mol. The molecule has 0 saturated carbocycles. The molecule has 3 rings (SSSR count). The van der Waals surface area contributed by atoms with Crippen LogP contribution in [0.25, 0.3) is 11.0 Å². The van der Waals surface area contributed by atoms with Crippen molar-refractivity contribution in [3.63, 3.8) is 0 Å². The lowest BCUT2D eigenvalue weighted by atomic mass is 10.1. The zero-order valence-corrected chi connectivity index (χ0v) is 14.8. The molecule has 2 heterocycles. The summed E-state index contributed by atoms with van der Waals surface area (Å²) in [5.74, 6) is -0.225. The summed E-state index contributed by atoms with van der Waals surface area (Å²) in [6.45, 7) is 7.93. The maximum atomic E-state index is 12.8. The van der Waals surface area contributed by atoms with Crippen LogP contribution in [0.15, 0.2) is 30.3 Å². The van der Waals surface area contributed by atoms with Crippen molar-refractivity contribution >= 4 is 28.4 Å². The minimum absolute atomic E-state index is 0.00746. The first kappa shape index (κ1) is 16.8. The van der Waals surface area contributed by atoms with Crippen LogP contribution in [0.4, 0.5) is 5.69 Å². The molecule has 0 fully saturated rings. The van der Waals surface area contributed by atoms with E-state index in [2.05, 4.69) is 15.4 Å². The minimum Gasteiger partial charge on any atom is -0.322 e. The number of nitrogens with one attached hydrogen (secondary N) is 1. The lowest BCUT2D eigenvalue weighted by molar-refractivity contribution is 0.101. The van der Waals surface area contributed by atoms with Gasteiger partial charge in [0.1, 0.15) is 0 Å². The monoisotopic (exact) mass is 336 g/mol. The number of aryl methyl sites for hydroxylation is 3. The van der Waals surface area contributed by atoms with Gasteiger partial charge in [0.15, 0.2) is 11.4 Å². The SMILES string of the molecule is CCn1nc(C)c2c(C(=O)Nc3ccc(C(C)=O)cc3)cc(C)nc21. The molecule has 0 aliphatic rings. The standard InChI is InChI=1S/C19H20N4O2/c1-5-23-18-17(12(3)22-23)16(10-11(2)20-18)19(25)21-15-8-6-14(7-9-15)13(4)24/h6-10H,5H2,1-4H3,(H,21,25). The molecule has 0 bridgehead atoms. The second-order valence-electron chi connectivity index (χ2n) is 6.00. The van der Waals surface area contributed by atoms with Crippen LogP contribution in [0.3, 0.4) is 0 Å². The summed E-state index contributed by atoms with van der Waals surface area (Å²) >= 11 is 0. The van der Waals surface area contributed by atoms with Crippen LogP contribution >= 0.6 is 0 Å². The van der Waals surface area contributed by atoms with Gasteiger partial charge >= 0.3 is 0 Å². The molecule has 0 radical (unpaired) electrons. The van der Waals surface area contributed by atoms with E-state index in [0.29, 0.717) is 23.4 Å². The number of fused-ring (bicyclic) bond motifs is 1. The number of pyridine rings is 1. The number of ketones is 1. The summed E-state index contributed by atoms with van der Waals surface area (Å²) in [5.41, 5.74) is 4.06. The van der Waals surface area contributed by atoms with E-state index in [-0.39, 0.29) is 11.7 Å². The Hall–Kier alpha value is -3.02. The molecule has 1 amide bonds. The highest BCUT2D eigenvalue weighted by Crippen LogP contribution is 2.23. The van der Waals surface area contributed by atoms with Gasteiger partial charge < -0.3 is 5.32 Å². The maximum Gasteiger partial charge on any atom is 0.256 e. The fourth-order valence-corrected chi connectivity index (χ4v) is 2.86. The van der Waals surface area contributed by atoms with Gasteiger partial charge in [-0.2, -0.15) is 5.10 Å². The van der Waals surface area contributed by atoms with Crippen LogP contribution in [0.1, 0.15) is 46.0 Å². The number of carbonyl (C=O) groups excluding carboxylic acids is 2. The predicted molar refractivity (Wildman–Crippen MR) is 97.1 cm³/mol. The van der Waals surface area contributed by atoms with Crippen LogP contribution in [0.2, 0.25) is 0 Å². The van der Waals surface area contributed by atoms with Gasteiger partial charge in [-0.15, -0.1) is 0 Å². The van der Waals surface area contributed by atoms with E-state index in [9.17, 15) is 9.59 Å². The van der Waals surface area contributed by atoms with Gasteiger partial charge in [0.2, 0.25) is 0 Å². The Morgan fingerprint density at radius 3 is 2.44 bits per heavy atom. The van der Waals surface area contributed by atoms with Crippen LogP contribution in [-0.4, -0.2) is 26.5 Å². The van der Waals surface area contributed by atoms with Crippen molar-refractivity contribution < 1.29 is 9.59 Å². The van der Waals surface area contributed by atoms with Crippen LogP contribution in [-0.2, 0) is 6.54 Å². The van der Waals surface area contributed by atoms with E-state index < -0.39 is 0 Å². The highest BCUT2D eigenvalue weighted by molar-refractivity contribution is 6.12. The highest BCUT2D eigenvalue weighted by Gasteiger charge is 2.18. The minimum atomic E-state index is -0.218. The number of Topliss-reactive ketones (excluding diaryl/α,β-unsaturated/α-hetero) is 1. The Bertz CT molecular complexity index is 971. The molecule has 6 nitrogen and oxygen atoms in total. The second-order valence-corrected chi connectivity index (χ2v) is 6.00. The van der Waals surface area contributed by atoms with Crippen LogP contribution in [0.5, 0.6) is 0 Å². The van der Waals surface area contributed by atoms with Crippen LogP contribution < -0.4 is 5.32 Å². The molecule has 128 valence electrons. The first-order valence-electron chi connectivity index (χ1n) is 8.17. The molecule has 0 aliphatic heterocycles. The fraction of sp³-hybridized carbons (Fsp3) is 0.263. The lowest BCUT2D eigenvalue weighted by Crippen LogP contribution is -2.13. The molecular weight excluding hydrogens is 316 g/mol. The van der Waals surface area contributed by atoms with Crippen LogP contribution in [0, 0.1) is 13.8 Å². The summed E-state index contributed by atoms with van der Waals surface area (Å²) in [6, 6.07) is 8.62. The first-order chi connectivity index (χ1) is 11.9. The Morgan fingerprint density at radius 2 is 1.84 bits per heavy atom. The van der Waals surface area contributed by atoms with Crippen molar-refractivity contribution in [2.75, 3.05) is 5.32 Å². The van der Waals surface area contributed by atoms with E-state index in [1.54, 1.807) is 35.0 Å². The molecule has 3 aromatic rings. The first-order valence-corrected chi connectivity index (χ1v) is 8.17. The van der Waals surface area contributed by atoms with Crippen molar-refractivity contribution in [2.45, 2.75) is 34.2 Å². The van der Waals surface area contributed by atoms with Crippen molar-refractivity contribution in [2.24, 2.45) is 0 Å². The van der Waals surface area contributed by atoms with E-state index >= 15 is 0 Å². The van der Waals surface area contributed by atoms with Crippen molar-refractivity contribution in [1.82, 2.24) is 14.8 Å². The largest absolute Gasteiger partial charge is 0.322 e. The molecule has 2 aromatic heterocycles. The number of amides is 1. The highest BCUT2D eigenvalue weighted by atomic mass is 16.1. The lowest BCUT2D eigenvalue weighted by Gasteiger charge is -2.08. The quantitative estimate of drug-likeness (QED) is 0.740. The third-order valence-corrected chi connectivity index (χ3v) is 4.10. The molecule has 0 atom stereocenters. The van der Waals surface area contributed by atoms with Gasteiger partial charge in [-0.3, -0.25) is 9.59 Å². The summed E-state index contributed by atoms with van der Waals surface area (Å²) in [6.07, 6.45) is 0. The Kier molecular flexibility index (Phi) is 4.35. The number of rotatable bonds is 4. The molecular formula is C19H20N4O2. The van der Waals surface area contributed by atoms with E-state index in [1.807, 2.05) is 20.8 Å². The fourth-order valence-electron chi connectivity index (χ4n) is 2.86. The number of benzene rings is 1. The molecule has 1 aromatic carbocycles. The Balaban J connectivity index is 1.99. The number of nitrogens with zero attached hydrogens (tertiary/aromatic N) is 3. The number of hydrogen-bond acceptors (Lipinski definition) is 4. The molecule has 25 heavy (non-hydrogen) atoms. The molecule has 0 saturated heterocycles. The van der Waals surface area contributed by atoms with Gasteiger partial charge in [0.25, 0.3) is 5.91 Å². The summed E-state index contributed by atoms with van der Waals surface area (Å²) in [4.78, 5) is 28.7. The molecule has 0 spiro atoms. The molecule has 0 unspecified atom stereocenters. The van der Waals surface area contributed by atoms with Gasteiger partial charge in [-0.05, 0) is 58.0 Å². The zero-order chi connectivity index (χ0) is 18.1. The van der Waals surface area contributed by atoms with Gasteiger partial charge in [0, 0.05) is 23.5 Å². The third-order valence-electron chi connectivity index (χ3n) is 4.10. The third kappa shape index (κ3) is 3.15. The summed E-state index contributed by atoms with van der Waals surface area (Å²) in [5, 5.41) is 8.12. The predicted octanol–water partition coefficient (Wildman–Crippen LogP) is 3.52. The average Bonchev–Trinajstić information content (AvgIpc) is 2.90. The van der Waals surface area contributed by atoms with Crippen molar-refractivity contribution in [3.8, 4) is 0 Å². The smallest absolute Gasteiger partial charge is 0.256 e.